The zero-order valence-electron chi connectivity index (χ0n) is 38.5. The van der Waals surface area contributed by atoms with Crippen molar-refractivity contribution in [1.82, 2.24) is 10.6 Å². The van der Waals surface area contributed by atoms with Gasteiger partial charge in [0.2, 0.25) is 0 Å². The van der Waals surface area contributed by atoms with Crippen LogP contribution in [-0.2, 0) is 54.7 Å². The molecule has 0 aromatic heterocycles. The van der Waals surface area contributed by atoms with Crippen LogP contribution in [-0.4, -0.2) is 75.2 Å². The summed E-state index contributed by atoms with van der Waals surface area (Å²) in [7, 11) is 1.50. The number of methoxy groups -OCH3 is 1. The number of ether oxygens (including phenoxy) is 6. The maximum absolute atomic E-state index is 13.4. The van der Waals surface area contributed by atoms with E-state index in [1.165, 1.54) is 55.6 Å². The van der Waals surface area contributed by atoms with Gasteiger partial charge in [-0.15, -0.1) is 0 Å². The number of rotatable bonds is 22. The van der Waals surface area contributed by atoms with Crippen LogP contribution in [0.2, 0.25) is 0 Å². The molecule has 358 valence electrons. The number of amides is 2. The zero-order valence-corrected chi connectivity index (χ0v) is 38.5. The third-order valence-electron chi connectivity index (χ3n) is 10.5. The fraction of sp³-hybridized carbons (Fsp3) is 0.182. The molecular formula is C55H50N2O13. The lowest BCUT2D eigenvalue weighted by atomic mass is 10.1. The molecule has 0 heterocycles. The Morgan fingerprint density at radius 3 is 1.23 bits per heavy atom. The van der Waals surface area contributed by atoms with Gasteiger partial charge in [-0.25, -0.2) is 24.0 Å². The lowest BCUT2D eigenvalue weighted by Crippen LogP contribution is -2.25. The highest BCUT2D eigenvalue weighted by Gasteiger charge is 2.18. The summed E-state index contributed by atoms with van der Waals surface area (Å²) in [5, 5.41) is 5.80. The summed E-state index contributed by atoms with van der Waals surface area (Å²) in [4.78, 5) is 89.9. The molecule has 15 nitrogen and oxygen atoms in total. The fourth-order valence-corrected chi connectivity index (χ4v) is 6.74. The second-order valence-corrected chi connectivity index (χ2v) is 15.6. The molecule has 15 heteroatoms. The van der Waals surface area contributed by atoms with Gasteiger partial charge in [0.05, 0.1) is 34.4 Å². The minimum Gasteiger partial charge on any atom is -0.460 e. The minimum atomic E-state index is -0.730. The Balaban J connectivity index is 0.946. The number of hydrogen-bond donors (Lipinski definition) is 2. The topological polar surface area (TPSA) is 199 Å². The van der Waals surface area contributed by atoms with Crippen LogP contribution in [0.3, 0.4) is 0 Å². The highest BCUT2D eigenvalue weighted by molar-refractivity contribution is 5.98. The monoisotopic (exact) mass is 946 g/mol. The summed E-state index contributed by atoms with van der Waals surface area (Å²) in [5.74, 6) is -4.00. The fourth-order valence-electron chi connectivity index (χ4n) is 6.74. The van der Waals surface area contributed by atoms with Crippen LogP contribution in [0.15, 0.2) is 152 Å². The lowest BCUT2D eigenvalue weighted by molar-refractivity contribution is 0.0265. The molecule has 70 heavy (non-hydrogen) atoms. The van der Waals surface area contributed by atoms with Crippen LogP contribution in [0.5, 0.6) is 0 Å². The molecule has 0 bridgehead atoms. The van der Waals surface area contributed by atoms with Gasteiger partial charge in [0.1, 0.15) is 33.0 Å². The van der Waals surface area contributed by atoms with Gasteiger partial charge in [0.25, 0.3) is 11.8 Å². The van der Waals surface area contributed by atoms with Crippen LogP contribution in [0.1, 0.15) is 107 Å². The first-order valence-corrected chi connectivity index (χ1v) is 22.0. The molecule has 0 radical (unpaired) electrons. The largest absolute Gasteiger partial charge is 0.460 e. The standard InChI is InChI=1S/C55H50N2O13/c1-36(2)39-18-20-40(21-19-39)52(61)67-28-29-68-54(63)43-14-9-15-44(31-43)55(64)70-35-46-13-5-7-17-48(46)50(59)57-33-38-11-8-10-37(30-38)32-56-49(58)47-16-6-4-12-45(47)34-69-53(62)42-24-22-41(23-25-42)51(60)66-27-26-65-3/h4-25,30-31H,1,26-29,32-35H2,2-3H3,(H,56,58)(H,57,59). The molecule has 0 saturated carbocycles. The zero-order chi connectivity index (χ0) is 49.8. The number of allylic oxidation sites excluding steroid dienone is 1. The number of carbonyl (C=O) groups excluding carboxylic acids is 7. The molecule has 0 aliphatic carbocycles. The number of nitrogens with one attached hydrogen (secondary N) is 2. The van der Waals surface area contributed by atoms with E-state index in [2.05, 4.69) is 17.2 Å². The van der Waals surface area contributed by atoms with Gasteiger partial charge in [-0.2, -0.15) is 0 Å². The molecule has 0 atom stereocenters. The summed E-state index contributed by atoms with van der Waals surface area (Å²) < 4.78 is 31.5. The van der Waals surface area contributed by atoms with Crippen molar-refractivity contribution in [2.75, 3.05) is 33.5 Å². The first kappa shape index (κ1) is 50.7. The van der Waals surface area contributed by atoms with E-state index in [9.17, 15) is 33.6 Å². The highest BCUT2D eigenvalue weighted by Crippen LogP contribution is 2.18. The average molecular weight is 947 g/mol. The van der Waals surface area contributed by atoms with E-state index in [4.69, 9.17) is 28.4 Å². The predicted molar refractivity (Wildman–Crippen MR) is 257 cm³/mol. The Hall–Kier alpha value is -8.69. The first-order valence-electron chi connectivity index (χ1n) is 22.0. The molecule has 2 amide bonds. The van der Waals surface area contributed by atoms with Crippen molar-refractivity contribution in [2.45, 2.75) is 33.2 Å². The highest BCUT2D eigenvalue weighted by atomic mass is 16.6. The van der Waals surface area contributed by atoms with Gasteiger partial charge < -0.3 is 39.1 Å². The minimum absolute atomic E-state index is 0.0857. The molecule has 0 saturated heterocycles. The van der Waals surface area contributed by atoms with Gasteiger partial charge in [-0.05, 0) is 90.3 Å². The average Bonchev–Trinajstić information content (AvgIpc) is 3.39. The van der Waals surface area contributed by atoms with Crippen LogP contribution in [0.25, 0.3) is 5.57 Å². The Morgan fingerprint density at radius 2 is 0.786 bits per heavy atom. The van der Waals surface area contributed by atoms with Gasteiger partial charge in [-0.3, -0.25) is 9.59 Å². The third-order valence-corrected chi connectivity index (χ3v) is 10.5. The molecule has 6 aromatic carbocycles. The molecule has 6 aromatic rings. The summed E-state index contributed by atoms with van der Waals surface area (Å²) in [6.07, 6.45) is 0. The second-order valence-electron chi connectivity index (χ2n) is 15.6. The van der Waals surface area contributed by atoms with Crippen molar-refractivity contribution in [1.29, 1.82) is 0 Å². The normalized spacial score (nSPS) is 10.5. The summed E-state index contributed by atoms with van der Waals surface area (Å²) >= 11 is 0. The molecule has 0 aliphatic rings. The number of hydrogen-bond acceptors (Lipinski definition) is 13. The van der Waals surface area contributed by atoms with Crippen molar-refractivity contribution < 1.29 is 62.0 Å². The van der Waals surface area contributed by atoms with Crippen molar-refractivity contribution in [3.8, 4) is 0 Å². The Kier molecular flexibility index (Phi) is 18.4. The summed E-state index contributed by atoms with van der Waals surface area (Å²) in [5.41, 5.74) is 5.84. The Morgan fingerprint density at radius 1 is 0.414 bits per heavy atom. The van der Waals surface area contributed by atoms with Gasteiger partial charge in [0.15, 0.2) is 0 Å². The van der Waals surface area contributed by atoms with E-state index in [1.807, 2.05) is 25.1 Å². The molecule has 2 N–H and O–H groups in total. The Bertz CT molecular complexity index is 2860. The SMILES string of the molecule is C=C(C)c1ccc(C(=O)OCCOC(=O)c2cccc(C(=O)OCc3ccccc3C(=O)NCc3cccc(CNC(=O)c4ccccc4COC(=O)c4ccc(C(=O)OCCOC)cc4)c3)c2)cc1. The maximum Gasteiger partial charge on any atom is 0.338 e. The van der Waals surface area contributed by atoms with E-state index in [-0.39, 0.29) is 80.9 Å². The molecule has 6 rings (SSSR count). The predicted octanol–water partition coefficient (Wildman–Crippen LogP) is 8.11. The van der Waals surface area contributed by atoms with Crippen LogP contribution >= 0.6 is 0 Å². The quantitative estimate of drug-likeness (QED) is 0.0376. The summed E-state index contributed by atoms with van der Waals surface area (Å²) in [6.45, 7) is 5.62. The lowest BCUT2D eigenvalue weighted by Gasteiger charge is -2.13. The van der Waals surface area contributed by atoms with Crippen molar-refractivity contribution in [2.24, 2.45) is 0 Å². The number of carbonyl (C=O) groups is 7. The van der Waals surface area contributed by atoms with Crippen molar-refractivity contribution >= 4 is 47.2 Å². The van der Waals surface area contributed by atoms with Gasteiger partial charge in [0, 0.05) is 42.5 Å². The summed E-state index contributed by atoms with van der Waals surface area (Å²) in [6, 6.07) is 39.1. The first-order chi connectivity index (χ1) is 33.9. The number of esters is 5. The second kappa shape index (κ2) is 25.4. The smallest absolute Gasteiger partial charge is 0.338 e. The van der Waals surface area contributed by atoms with Crippen molar-refractivity contribution in [3.05, 3.63) is 219 Å². The maximum atomic E-state index is 13.4. The molecule has 0 spiro atoms. The van der Waals surface area contributed by atoms with Crippen LogP contribution < -0.4 is 10.6 Å². The molecule has 0 fully saturated rings. The van der Waals surface area contributed by atoms with Crippen LogP contribution in [0.4, 0.5) is 0 Å². The molecule has 0 aliphatic heterocycles. The van der Waals surface area contributed by atoms with E-state index < -0.39 is 35.8 Å². The molecular weight excluding hydrogens is 897 g/mol. The van der Waals surface area contributed by atoms with E-state index in [1.54, 1.807) is 78.9 Å². The van der Waals surface area contributed by atoms with E-state index >= 15 is 0 Å². The van der Waals surface area contributed by atoms with E-state index in [0.717, 1.165) is 22.3 Å². The van der Waals surface area contributed by atoms with Gasteiger partial charge >= 0.3 is 29.8 Å². The van der Waals surface area contributed by atoms with Crippen LogP contribution in [0, 0.1) is 0 Å². The van der Waals surface area contributed by atoms with E-state index in [0.29, 0.717) is 27.8 Å². The number of benzene rings is 6. The van der Waals surface area contributed by atoms with Crippen molar-refractivity contribution in [3.63, 3.8) is 0 Å². The third kappa shape index (κ3) is 14.7. The molecule has 0 unspecified atom stereocenters. The van der Waals surface area contributed by atoms with Gasteiger partial charge in [-0.1, -0.05) is 91.0 Å². The Labute approximate surface area is 404 Å².